The summed E-state index contributed by atoms with van der Waals surface area (Å²) in [4.78, 5) is 11.6. The molecule has 0 amide bonds. The fourth-order valence-electron chi connectivity index (χ4n) is 1.43. The summed E-state index contributed by atoms with van der Waals surface area (Å²) in [6, 6.07) is 0. The molecule has 0 aromatic carbocycles. The molecular weight excluding hydrogens is 284 g/mol. The molecule has 9 heteroatoms. The highest BCUT2D eigenvalue weighted by molar-refractivity contribution is 7.70. The number of alkyl halides is 3. The topological polar surface area (TPSA) is 61.2 Å². The van der Waals surface area contributed by atoms with Gasteiger partial charge in [0, 0.05) is 6.20 Å². The molecule has 0 atom stereocenters. The van der Waals surface area contributed by atoms with Crippen molar-refractivity contribution in [1.82, 2.24) is 9.78 Å². The number of hydrogen-bond acceptors (Lipinski definition) is 4. The predicted octanol–water partition coefficient (Wildman–Crippen LogP) is 1.87. The molecule has 1 aromatic rings. The van der Waals surface area contributed by atoms with E-state index in [1.54, 1.807) is 6.92 Å². The number of aromatic nitrogens is 2. The molecule has 1 aromatic heterocycles. The van der Waals surface area contributed by atoms with Crippen LogP contribution in [-0.4, -0.2) is 41.9 Å². The summed E-state index contributed by atoms with van der Waals surface area (Å²) in [5.74, 6) is -0.824. The molecule has 0 saturated heterocycles. The quantitative estimate of drug-likeness (QED) is 0.629. The van der Waals surface area contributed by atoms with E-state index in [0.29, 0.717) is 4.68 Å². The van der Waals surface area contributed by atoms with Gasteiger partial charge in [0.2, 0.25) is 0 Å². The summed E-state index contributed by atoms with van der Waals surface area (Å²) in [6.45, 7) is 2.95. The molecule has 1 heterocycles. The van der Waals surface area contributed by atoms with Crippen LogP contribution in [-0.2, 0) is 15.8 Å². The van der Waals surface area contributed by atoms with Crippen LogP contribution in [0.1, 0.15) is 17.3 Å². The molecule has 0 saturated carbocycles. The van der Waals surface area contributed by atoms with Crippen LogP contribution < -0.4 is 5.44 Å². The fourth-order valence-corrected chi connectivity index (χ4v) is 2.49. The van der Waals surface area contributed by atoms with Crippen LogP contribution in [0.2, 0.25) is 0 Å². The second-order valence-corrected chi connectivity index (χ2v) is 7.38. The number of hydrogen-bond donors (Lipinski definition) is 0. The minimum absolute atomic E-state index is 0.0699. The Hall–Kier alpha value is -1.30. The summed E-state index contributed by atoms with van der Waals surface area (Å²) in [5, 5.41) is 3.60. The van der Waals surface area contributed by atoms with Crippen LogP contribution in [0.4, 0.5) is 13.2 Å². The molecule has 1 rings (SSSR count). The third kappa shape index (κ3) is 4.38. The van der Waals surface area contributed by atoms with Crippen molar-refractivity contribution < 1.29 is 27.3 Å². The number of halogens is 3. The smallest absolute Gasteiger partial charge is 0.408 e. The van der Waals surface area contributed by atoms with Crippen molar-refractivity contribution in [3.8, 4) is 0 Å². The van der Waals surface area contributed by atoms with E-state index < -0.39 is 25.8 Å². The van der Waals surface area contributed by atoms with E-state index >= 15 is 0 Å². The van der Waals surface area contributed by atoms with E-state index in [9.17, 15) is 22.5 Å². The first-order valence-electron chi connectivity index (χ1n) is 5.41. The maximum Gasteiger partial charge on any atom is 0.408 e. The van der Waals surface area contributed by atoms with Gasteiger partial charge in [0.15, 0.2) is 0 Å². The molecule has 0 aliphatic heterocycles. The van der Waals surface area contributed by atoms with Gasteiger partial charge in [0.05, 0.1) is 6.61 Å². The number of rotatable bonds is 4. The Morgan fingerprint density at radius 3 is 2.47 bits per heavy atom. The van der Waals surface area contributed by atoms with E-state index in [0.717, 1.165) is 6.20 Å². The van der Waals surface area contributed by atoms with Gasteiger partial charge in [-0.3, -0.25) is 4.68 Å². The van der Waals surface area contributed by atoms with Crippen molar-refractivity contribution in [2.45, 2.75) is 19.6 Å². The van der Waals surface area contributed by atoms with Crippen molar-refractivity contribution in [2.24, 2.45) is 0 Å². The fraction of sp³-hybridized carbons (Fsp3) is 0.600. The molecular formula is C10H14F3N2O3P. The minimum Gasteiger partial charge on any atom is -0.462 e. The van der Waals surface area contributed by atoms with E-state index in [1.807, 2.05) is 0 Å². The summed E-state index contributed by atoms with van der Waals surface area (Å²) < 4.78 is 54.1. The van der Waals surface area contributed by atoms with Crippen molar-refractivity contribution in [3.05, 3.63) is 11.8 Å². The summed E-state index contributed by atoms with van der Waals surface area (Å²) in [6.07, 6.45) is -3.55. The van der Waals surface area contributed by atoms with Crippen LogP contribution in [0, 0.1) is 0 Å². The highest BCUT2D eigenvalue weighted by Crippen LogP contribution is 2.35. The Balaban J connectivity index is 3.21. The predicted molar refractivity (Wildman–Crippen MR) is 63.3 cm³/mol. The zero-order valence-corrected chi connectivity index (χ0v) is 11.6. The van der Waals surface area contributed by atoms with E-state index in [1.165, 1.54) is 13.3 Å². The monoisotopic (exact) mass is 298 g/mol. The van der Waals surface area contributed by atoms with E-state index in [-0.39, 0.29) is 17.6 Å². The number of carbonyl (C=O) groups excluding carboxylic acids is 1. The highest BCUT2D eigenvalue weighted by atomic mass is 31.2. The second kappa shape index (κ2) is 5.36. The zero-order valence-electron chi connectivity index (χ0n) is 10.7. The van der Waals surface area contributed by atoms with Crippen LogP contribution >= 0.6 is 7.14 Å². The lowest BCUT2D eigenvalue weighted by atomic mass is 10.4. The van der Waals surface area contributed by atoms with Gasteiger partial charge in [0.1, 0.15) is 24.7 Å². The third-order valence-electron chi connectivity index (χ3n) is 2.09. The van der Waals surface area contributed by atoms with Crippen molar-refractivity contribution in [2.75, 3.05) is 19.9 Å². The first kappa shape index (κ1) is 15.8. The normalized spacial score (nSPS) is 12.5. The molecule has 0 N–H and O–H groups in total. The van der Waals surface area contributed by atoms with Crippen LogP contribution in [0.3, 0.4) is 0 Å². The number of esters is 1. The summed E-state index contributed by atoms with van der Waals surface area (Å²) in [7, 11) is -2.98. The number of ether oxygens (including phenoxy) is 1. The first-order chi connectivity index (χ1) is 8.54. The van der Waals surface area contributed by atoms with Gasteiger partial charge in [-0.15, -0.1) is 0 Å². The Labute approximate surface area is 108 Å². The Morgan fingerprint density at radius 2 is 2.05 bits per heavy atom. The Bertz CT molecular complexity index is 519. The average Bonchev–Trinajstić information content (AvgIpc) is 2.58. The summed E-state index contributed by atoms with van der Waals surface area (Å²) in [5.41, 5.74) is -0.324. The van der Waals surface area contributed by atoms with Gasteiger partial charge in [-0.2, -0.15) is 18.3 Å². The van der Waals surface area contributed by atoms with Gasteiger partial charge < -0.3 is 9.30 Å². The lowest BCUT2D eigenvalue weighted by Crippen LogP contribution is -2.20. The van der Waals surface area contributed by atoms with Crippen molar-refractivity contribution >= 4 is 18.5 Å². The molecule has 0 aliphatic carbocycles. The largest absolute Gasteiger partial charge is 0.462 e. The number of nitrogens with zero attached hydrogens (tertiary/aromatic N) is 2. The van der Waals surface area contributed by atoms with Gasteiger partial charge in [0.25, 0.3) is 0 Å². The van der Waals surface area contributed by atoms with Crippen LogP contribution in [0.25, 0.3) is 0 Å². The maximum atomic E-state index is 12.3. The maximum absolute atomic E-state index is 12.3. The third-order valence-corrected chi connectivity index (χ3v) is 3.44. The van der Waals surface area contributed by atoms with Crippen molar-refractivity contribution in [1.29, 1.82) is 0 Å². The zero-order chi connectivity index (χ0) is 14.8. The molecule has 5 nitrogen and oxygen atoms in total. The lowest BCUT2D eigenvalue weighted by molar-refractivity contribution is -0.142. The Kier molecular flexibility index (Phi) is 4.45. The Morgan fingerprint density at radius 1 is 1.47 bits per heavy atom. The molecule has 0 fully saturated rings. The average molecular weight is 298 g/mol. The van der Waals surface area contributed by atoms with Crippen molar-refractivity contribution in [3.63, 3.8) is 0 Å². The molecule has 0 spiro atoms. The molecule has 0 aliphatic rings. The second-order valence-electron chi connectivity index (χ2n) is 4.25. The van der Waals surface area contributed by atoms with Gasteiger partial charge in [-0.25, -0.2) is 4.79 Å². The lowest BCUT2D eigenvalue weighted by Gasteiger charge is -2.06. The first-order valence-corrected chi connectivity index (χ1v) is 8.01. The van der Waals surface area contributed by atoms with Crippen LogP contribution in [0.5, 0.6) is 0 Å². The minimum atomic E-state index is -4.47. The molecule has 0 radical (unpaired) electrons. The van der Waals surface area contributed by atoms with Gasteiger partial charge in [-0.05, 0) is 20.3 Å². The molecule has 0 bridgehead atoms. The standard InChI is InChI=1S/C10H14F3N2O3P/c1-4-18-9(16)7-5-15(6-10(11,12)13)14-8(7)19(2,3)17/h5H,4,6H2,1-3H3. The molecule has 108 valence electrons. The van der Waals surface area contributed by atoms with Crippen LogP contribution in [0.15, 0.2) is 6.20 Å². The summed E-state index contributed by atoms with van der Waals surface area (Å²) >= 11 is 0. The van der Waals surface area contributed by atoms with Gasteiger partial charge in [-0.1, -0.05) is 0 Å². The van der Waals surface area contributed by atoms with E-state index in [2.05, 4.69) is 5.10 Å². The highest BCUT2D eigenvalue weighted by Gasteiger charge is 2.32. The number of carbonyl (C=O) groups is 1. The molecule has 19 heavy (non-hydrogen) atoms. The van der Waals surface area contributed by atoms with Gasteiger partial charge >= 0.3 is 12.1 Å². The van der Waals surface area contributed by atoms with E-state index in [4.69, 9.17) is 4.74 Å². The SMILES string of the molecule is CCOC(=O)c1cn(CC(F)(F)F)nc1P(C)(C)=O. The molecule has 0 unspecified atom stereocenters.